The lowest BCUT2D eigenvalue weighted by molar-refractivity contribution is 0.0817. The van der Waals surface area contributed by atoms with E-state index in [9.17, 15) is 19.2 Å². The van der Waals surface area contributed by atoms with Gasteiger partial charge >= 0.3 is 0 Å². The molecule has 0 bridgehead atoms. The van der Waals surface area contributed by atoms with Crippen LogP contribution in [0.1, 0.15) is 41.4 Å². The lowest BCUT2D eigenvalue weighted by Gasteiger charge is -2.08. The van der Waals surface area contributed by atoms with Crippen LogP contribution in [-0.4, -0.2) is 37.4 Å². The molecule has 4 aromatic rings. The Hall–Kier alpha value is -4.84. The molecule has 0 N–H and O–H groups in total. The Labute approximate surface area is 208 Å². The minimum Gasteiger partial charge on any atom is -0.497 e. The highest BCUT2D eigenvalue weighted by atomic mass is 16.5. The van der Waals surface area contributed by atoms with Crippen LogP contribution in [0.4, 0.5) is 0 Å². The van der Waals surface area contributed by atoms with Crippen LogP contribution in [0.2, 0.25) is 0 Å². The largest absolute Gasteiger partial charge is 0.497 e. The summed E-state index contributed by atoms with van der Waals surface area (Å²) < 4.78 is 10.2. The van der Waals surface area contributed by atoms with Gasteiger partial charge in [0.15, 0.2) is 0 Å². The minimum atomic E-state index is -0.649. The number of ketones is 4. The van der Waals surface area contributed by atoms with E-state index in [0.29, 0.717) is 22.6 Å². The maximum Gasteiger partial charge on any atom is 0.233 e. The Morgan fingerprint density at radius 2 is 0.778 bits per heavy atom. The van der Waals surface area contributed by atoms with Crippen molar-refractivity contribution in [3.8, 4) is 22.6 Å². The molecule has 6 heteroatoms. The normalized spacial score (nSPS) is 10.4. The number of Topliss-reactive ketones (excluding diaryl/α,β-unsaturated/α-hetero) is 4. The first-order valence-electron chi connectivity index (χ1n) is 11.1. The fourth-order valence-electron chi connectivity index (χ4n) is 3.69. The first-order chi connectivity index (χ1) is 17.4. The van der Waals surface area contributed by atoms with Crippen LogP contribution in [0.15, 0.2) is 97.1 Å². The van der Waals surface area contributed by atoms with Crippen molar-refractivity contribution in [3.63, 3.8) is 0 Å². The summed E-state index contributed by atoms with van der Waals surface area (Å²) in [6, 6.07) is 25.8. The predicted molar refractivity (Wildman–Crippen MR) is 135 cm³/mol. The van der Waals surface area contributed by atoms with Gasteiger partial charge < -0.3 is 9.47 Å². The lowest BCUT2D eigenvalue weighted by Crippen LogP contribution is -2.15. The van der Waals surface area contributed by atoms with E-state index in [1.54, 1.807) is 72.8 Å². The smallest absolute Gasteiger partial charge is 0.233 e. The van der Waals surface area contributed by atoms with Crippen LogP contribution in [0.3, 0.4) is 0 Å². The molecule has 0 aromatic heterocycles. The summed E-state index contributed by atoms with van der Waals surface area (Å²) in [4.78, 5) is 51.1. The molecule has 0 radical (unpaired) electrons. The minimum absolute atomic E-state index is 0.222. The molecule has 0 amide bonds. The highest BCUT2D eigenvalue weighted by Gasteiger charge is 2.21. The highest BCUT2D eigenvalue weighted by molar-refractivity contribution is 6.50. The molecule has 0 aliphatic heterocycles. The second kappa shape index (κ2) is 10.6. The maximum atomic E-state index is 12.9. The molecule has 4 rings (SSSR count). The van der Waals surface area contributed by atoms with Crippen LogP contribution >= 0.6 is 0 Å². The molecule has 0 unspecified atom stereocenters. The second-order valence-electron chi connectivity index (χ2n) is 7.94. The zero-order chi connectivity index (χ0) is 25.7. The molecule has 0 fully saturated rings. The van der Waals surface area contributed by atoms with Crippen molar-refractivity contribution in [1.82, 2.24) is 0 Å². The van der Waals surface area contributed by atoms with Gasteiger partial charge in [-0.25, -0.2) is 0 Å². The first-order valence-corrected chi connectivity index (χ1v) is 11.1. The molecule has 0 saturated heterocycles. The van der Waals surface area contributed by atoms with E-state index in [0.717, 1.165) is 0 Å². The molecule has 0 heterocycles. The molecular weight excluding hydrogens is 456 g/mol. The van der Waals surface area contributed by atoms with Gasteiger partial charge in [-0.2, -0.15) is 0 Å². The standard InChI is InChI=1S/C30H22O6/c1-35-25-13-9-19(10-14-25)27(31)29(33)23-7-3-5-21(17-23)22-6-4-8-24(18-22)30(34)28(32)20-11-15-26(36-2)16-12-20/h3-18H,1-2H3. The summed E-state index contributed by atoms with van der Waals surface area (Å²) >= 11 is 0. The second-order valence-corrected chi connectivity index (χ2v) is 7.94. The fourth-order valence-corrected chi connectivity index (χ4v) is 3.69. The predicted octanol–water partition coefficient (Wildman–Crippen LogP) is 5.50. The summed E-state index contributed by atoms with van der Waals surface area (Å²) in [5.74, 6) is -1.40. The fraction of sp³-hybridized carbons (Fsp3) is 0.0667. The van der Waals surface area contributed by atoms with Gasteiger partial charge in [0.25, 0.3) is 0 Å². The van der Waals surface area contributed by atoms with E-state index in [1.807, 2.05) is 0 Å². The molecule has 4 aromatic carbocycles. The van der Waals surface area contributed by atoms with E-state index in [1.165, 1.54) is 38.5 Å². The molecule has 0 atom stereocenters. The number of ether oxygens (including phenoxy) is 2. The number of carbonyl (C=O) groups excluding carboxylic acids is 4. The summed E-state index contributed by atoms with van der Waals surface area (Å²) in [6.07, 6.45) is 0. The highest BCUT2D eigenvalue weighted by Crippen LogP contribution is 2.24. The monoisotopic (exact) mass is 478 g/mol. The topological polar surface area (TPSA) is 86.7 Å². The van der Waals surface area contributed by atoms with Crippen molar-refractivity contribution in [2.75, 3.05) is 14.2 Å². The number of benzene rings is 4. The molecule has 0 spiro atoms. The number of hydrogen-bond donors (Lipinski definition) is 0. The molecule has 0 saturated carbocycles. The van der Waals surface area contributed by atoms with Gasteiger partial charge in [-0.15, -0.1) is 0 Å². The third kappa shape index (κ3) is 5.13. The Morgan fingerprint density at radius 3 is 1.11 bits per heavy atom. The quantitative estimate of drug-likeness (QED) is 0.233. The molecule has 36 heavy (non-hydrogen) atoms. The molecule has 6 nitrogen and oxygen atoms in total. The van der Waals surface area contributed by atoms with Crippen molar-refractivity contribution < 1.29 is 28.7 Å². The number of rotatable bonds is 9. The Balaban J connectivity index is 1.57. The van der Waals surface area contributed by atoms with Crippen molar-refractivity contribution >= 4 is 23.1 Å². The van der Waals surface area contributed by atoms with Crippen LogP contribution in [0, 0.1) is 0 Å². The maximum absolute atomic E-state index is 12.9. The van der Waals surface area contributed by atoms with Gasteiger partial charge in [0.2, 0.25) is 23.1 Å². The van der Waals surface area contributed by atoms with E-state index >= 15 is 0 Å². The molecular formula is C30H22O6. The average molecular weight is 479 g/mol. The van der Waals surface area contributed by atoms with Crippen molar-refractivity contribution in [3.05, 3.63) is 119 Å². The van der Waals surface area contributed by atoms with Gasteiger partial charge in [0.1, 0.15) is 11.5 Å². The van der Waals surface area contributed by atoms with Gasteiger partial charge in [-0.3, -0.25) is 19.2 Å². The van der Waals surface area contributed by atoms with Crippen molar-refractivity contribution in [2.24, 2.45) is 0 Å². The van der Waals surface area contributed by atoms with Gasteiger partial charge in [-0.1, -0.05) is 36.4 Å². The van der Waals surface area contributed by atoms with Crippen LogP contribution in [0.5, 0.6) is 11.5 Å². The van der Waals surface area contributed by atoms with E-state index in [2.05, 4.69) is 0 Å². The third-order valence-electron chi connectivity index (χ3n) is 5.70. The molecule has 0 aliphatic rings. The van der Waals surface area contributed by atoms with E-state index < -0.39 is 23.1 Å². The van der Waals surface area contributed by atoms with Crippen LogP contribution < -0.4 is 9.47 Å². The van der Waals surface area contributed by atoms with Gasteiger partial charge in [0, 0.05) is 22.3 Å². The average Bonchev–Trinajstić information content (AvgIpc) is 2.95. The number of methoxy groups -OCH3 is 2. The van der Waals surface area contributed by atoms with Crippen molar-refractivity contribution in [2.45, 2.75) is 0 Å². The van der Waals surface area contributed by atoms with Gasteiger partial charge in [-0.05, 0) is 71.8 Å². The number of hydrogen-bond acceptors (Lipinski definition) is 6. The molecule has 178 valence electrons. The Kier molecular flexibility index (Phi) is 7.16. The number of carbonyl (C=O) groups is 4. The Morgan fingerprint density at radius 1 is 0.444 bits per heavy atom. The summed E-state index contributed by atoms with van der Waals surface area (Å²) in [6.45, 7) is 0. The SMILES string of the molecule is COc1ccc(C(=O)C(=O)c2cccc(-c3cccc(C(=O)C(=O)c4ccc(OC)cc4)c3)c2)cc1. The lowest BCUT2D eigenvalue weighted by atomic mass is 9.95. The van der Waals surface area contributed by atoms with E-state index in [-0.39, 0.29) is 22.3 Å². The Bertz CT molecular complexity index is 1340. The first kappa shape index (κ1) is 24.3. The molecule has 0 aliphatic carbocycles. The van der Waals surface area contributed by atoms with Crippen molar-refractivity contribution in [1.29, 1.82) is 0 Å². The van der Waals surface area contributed by atoms with E-state index in [4.69, 9.17) is 9.47 Å². The summed E-state index contributed by atoms with van der Waals surface area (Å²) in [7, 11) is 3.04. The zero-order valence-electron chi connectivity index (χ0n) is 19.7. The third-order valence-corrected chi connectivity index (χ3v) is 5.70. The summed E-state index contributed by atoms with van der Waals surface area (Å²) in [5.41, 5.74) is 2.23. The van der Waals surface area contributed by atoms with Crippen LogP contribution in [-0.2, 0) is 0 Å². The zero-order valence-corrected chi connectivity index (χ0v) is 19.7. The van der Waals surface area contributed by atoms with Gasteiger partial charge in [0.05, 0.1) is 14.2 Å². The summed E-state index contributed by atoms with van der Waals surface area (Å²) in [5, 5.41) is 0. The van der Waals surface area contributed by atoms with Crippen LogP contribution in [0.25, 0.3) is 11.1 Å².